The molecule has 0 saturated carbocycles. The van der Waals surface area contributed by atoms with E-state index in [9.17, 15) is 13.6 Å². The van der Waals surface area contributed by atoms with Crippen LogP contribution in [0.4, 0.5) is 8.78 Å². The molecule has 0 N–H and O–H groups in total. The van der Waals surface area contributed by atoms with Gasteiger partial charge in [0.15, 0.2) is 0 Å². The molecule has 5 heteroatoms. The molecule has 1 saturated heterocycles. The van der Waals surface area contributed by atoms with Crippen LogP contribution in [0.15, 0.2) is 17.0 Å². The van der Waals surface area contributed by atoms with Gasteiger partial charge in [0.05, 0.1) is 11.0 Å². The van der Waals surface area contributed by atoms with Gasteiger partial charge in [0.25, 0.3) is 0 Å². The average Bonchev–Trinajstić information content (AvgIpc) is 2.69. The fraction of sp³-hybridized carbons (Fsp3) is 0.417. The summed E-state index contributed by atoms with van der Waals surface area (Å²) in [6, 6.07) is 2.11. The molecule has 1 aliphatic rings. The second-order valence-corrected chi connectivity index (χ2v) is 5.20. The van der Waals surface area contributed by atoms with Crippen LogP contribution in [0.1, 0.15) is 23.7 Å². The summed E-state index contributed by atoms with van der Waals surface area (Å²) in [7, 11) is 0. The summed E-state index contributed by atoms with van der Waals surface area (Å²) in [5, 5.41) is 0.0566. The van der Waals surface area contributed by atoms with Crippen LogP contribution in [-0.4, -0.2) is 24.2 Å². The molecule has 92 valence electrons. The second-order valence-electron chi connectivity index (χ2n) is 3.95. The zero-order valence-corrected chi connectivity index (χ0v) is 10.1. The van der Waals surface area contributed by atoms with Crippen molar-refractivity contribution >= 4 is 18.0 Å². The minimum absolute atomic E-state index is 0.00968. The van der Waals surface area contributed by atoms with E-state index in [1.54, 1.807) is 0 Å². The Morgan fingerprint density at radius 3 is 2.53 bits per heavy atom. The largest absolute Gasteiger partial charge is 0.377 e. The third-order valence-corrected chi connectivity index (χ3v) is 4.28. The van der Waals surface area contributed by atoms with Crippen molar-refractivity contribution in [1.29, 1.82) is 0 Å². The Morgan fingerprint density at radius 1 is 1.41 bits per heavy atom. The molecule has 0 radical (unpaired) electrons. The van der Waals surface area contributed by atoms with E-state index in [2.05, 4.69) is 0 Å². The highest BCUT2D eigenvalue weighted by Gasteiger charge is 2.27. The van der Waals surface area contributed by atoms with Crippen molar-refractivity contribution in [2.45, 2.75) is 29.6 Å². The van der Waals surface area contributed by atoms with Gasteiger partial charge in [-0.15, -0.1) is 11.8 Å². The lowest BCUT2D eigenvalue weighted by atomic mass is 10.2. The maximum absolute atomic E-state index is 13.6. The number of benzene rings is 1. The molecule has 1 fully saturated rings. The predicted octanol–water partition coefficient (Wildman–Crippen LogP) is 3.05. The van der Waals surface area contributed by atoms with E-state index >= 15 is 0 Å². The van der Waals surface area contributed by atoms with Crippen LogP contribution >= 0.6 is 11.8 Å². The highest BCUT2D eigenvalue weighted by Crippen LogP contribution is 2.35. The van der Waals surface area contributed by atoms with Gasteiger partial charge in [-0.25, -0.2) is 8.78 Å². The topological polar surface area (TPSA) is 26.3 Å². The van der Waals surface area contributed by atoms with Crippen LogP contribution in [-0.2, 0) is 4.74 Å². The smallest absolute Gasteiger partial charge is 0.150 e. The molecule has 2 rings (SSSR count). The van der Waals surface area contributed by atoms with Gasteiger partial charge in [-0.2, -0.15) is 0 Å². The standard InChI is InChI=1S/C12H12F2O2S/c1-7-11(2-3-16-7)17-12-9(13)4-8(6-15)5-10(12)14/h4-7,11H,2-3H2,1H3. The van der Waals surface area contributed by atoms with E-state index in [0.717, 1.165) is 30.3 Å². The maximum Gasteiger partial charge on any atom is 0.150 e. The van der Waals surface area contributed by atoms with Crippen LogP contribution in [0.3, 0.4) is 0 Å². The Kier molecular flexibility index (Phi) is 3.79. The van der Waals surface area contributed by atoms with E-state index in [4.69, 9.17) is 4.74 Å². The summed E-state index contributed by atoms with van der Waals surface area (Å²) in [4.78, 5) is 10.4. The van der Waals surface area contributed by atoms with Gasteiger partial charge in [-0.1, -0.05) is 0 Å². The van der Waals surface area contributed by atoms with E-state index < -0.39 is 11.6 Å². The predicted molar refractivity (Wildman–Crippen MR) is 61.4 cm³/mol. The Labute approximate surface area is 102 Å². The molecule has 0 spiro atoms. The van der Waals surface area contributed by atoms with Crippen molar-refractivity contribution in [2.24, 2.45) is 0 Å². The van der Waals surface area contributed by atoms with Crippen LogP contribution in [0.25, 0.3) is 0 Å². The summed E-state index contributed by atoms with van der Waals surface area (Å²) < 4.78 is 32.6. The Hall–Kier alpha value is -0.940. The number of ether oxygens (including phenoxy) is 1. The molecule has 17 heavy (non-hydrogen) atoms. The second kappa shape index (κ2) is 5.14. The average molecular weight is 258 g/mol. The number of rotatable bonds is 3. The van der Waals surface area contributed by atoms with Gasteiger partial charge in [-0.05, 0) is 25.5 Å². The maximum atomic E-state index is 13.6. The molecule has 2 nitrogen and oxygen atoms in total. The Bertz CT molecular complexity index is 414. The number of halogens is 2. The van der Waals surface area contributed by atoms with Gasteiger partial charge in [0.2, 0.25) is 0 Å². The third-order valence-electron chi connectivity index (χ3n) is 2.73. The molecule has 2 unspecified atom stereocenters. The van der Waals surface area contributed by atoms with Crippen LogP contribution in [0, 0.1) is 11.6 Å². The number of thioether (sulfide) groups is 1. The van der Waals surface area contributed by atoms with Crippen LogP contribution < -0.4 is 0 Å². The highest BCUT2D eigenvalue weighted by atomic mass is 32.2. The molecular formula is C12H12F2O2S. The lowest BCUT2D eigenvalue weighted by Gasteiger charge is -2.14. The Morgan fingerprint density at radius 2 is 2.06 bits per heavy atom. The fourth-order valence-electron chi connectivity index (χ4n) is 1.78. The zero-order chi connectivity index (χ0) is 12.4. The van der Waals surface area contributed by atoms with Gasteiger partial charge in [0.1, 0.15) is 17.9 Å². The zero-order valence-electron chi connectivity index (χ0n) is 9.28. The first-order valence-corrected chi connectivity index (χ1v) is 6.22. The summed E-state index contributed by atoms with van der Waals surface area (Å²) in [6.45, 7) is 2.51. The molecule has 0 bridgehead atoms. The van der Waals surface area contributed by atoms with Crippen LogP contribution in [0.5, 0.6) is 0 Å². The lowest BCUT2D eigenvalue weighted by Crippen LogP contribution is -2.13. The fourth-order valence-corrected chi connectivity index (χ4v) is 2.91. The van der Waals surface area contributed by atoms with E-state index in [1.807, 2.05) is 6.92 Å². The summed E-state index contributed by atoms with van der Waals surface area (Å²) in [5.74, 6) is -1.37. The van der Waals surface area contributed by atoms with Crippen molar-refractivity contribution in [1.82, 2.24) is 0 Å². The molecule has 0 amide bonds. The Balaban J connectivity index is 2.23. The first kappa shape index (κ1) is 12.5. The monoisotopic (exact) mass is 258 g/mol. The normalized spacial score (nSPS) is 23.9. The molecule has 2 atom stereocenters. The van der Waals surface area contributed by atoms with E-state index in [0.29, 0.717) is 12.9 Å². The molecule has 0 aliphatic carbocycles. The molecule has 1 aliphatic heterocycles. The molecule has 1 aromatic carbocycles. The number of carbonyl (C=O) groups is 1. The molecule has 1 heterocycles. The van der Waals surface area contributed by atoms with Crippen molar-refractivity contribution in [3.8, 4) is 0 Å². The number of hydrogen-bond acceptors (Lipinski definition) is 3. The quantitative estimate of drug-likeness (QED) is 0.779. The first-order chi connectivity index (χ1) is 8.11. The molecule has 0 aromatic heterocycles. The molecular weight excluding hydrogens is 246 g/mol. The molecule has 1 aromatic rings. The summed E-state index contributed by atoms with van der Waals surface area (Å²) in [6.07, 6.45) is 1.20. The van der Waals surface area contributed by atoms with Gasteiger partial charge >= 0.3 is 0 Å². The lowest BCUT2D eigenvalue weighted by molar-refractivity contribution is 0.112. The van der Waals surface area contributed by atoms with Gasteiger partial charge in [0, 0.05) is 17.4 Å². The number of hydrogen-bond donors (Lipinski definition) is 0. The first-order valence-electron chi connectivity index (χ1n) is 5.34. The number of aldehydes is 1. The number of carbonyl (C=O) groups excluding carboxylic acids is 1. The van der Waals surface area contributed by atoms with Gasteiger partial charge in [-0.3, -0.25) is 4.79 Å². The van der Waals surface area contributed by atoms with Crippen LogP contribution in [0.2, 0.25) is 0 Å². The highest BCUT2D eigenvalue weighted by molar-refractivity contribution is 8.00. The van der Waals surface area contributed by atoms with Crippen molar-refractivity contribution in [3.05, 3.63) is 29.3 Å². The van der Waals surface area contributed by atoms with E-state index in [1.165, 1.54) is 0 Å². The van der Waals surface area contributed by atoms with E-state index in [-0.39, 0.29) is 21.8 Å². The minimum atomic E-state index is -0.684. The van der Waals surface area contributed by atoms with Crippen molar-refractivity contribution in [3.63, 3.8) is 0 Å². The third kappa shape index (κ3) is 2.66. The van der Waals surface area contributed by atoms with Crippen molar-refractivity contribution in [2.75, 3.05) is 6.61 Å². The minimum Gasteiger partial charge on any atom is -0.377 e. The SMILES string of the molecule is CC1OCCC1Sc1c(F)cc(C=O)cc1F. The summed E-state index contributed by atoms with van der Waals surface area (Å²) in [5.41, 5.74) is 0.0140. The van der Waals surface area contributed by atoms with Gasteiger partial charge < -0.3 is 4.74 Å². The van der Waals surface area contributed by atoms with Crippen molar-refractivity contribution < 1.29 is 18.3 Å². The summed E-state index contributed by atoms with van der Waals surface area (Å²) >= 11 is 1.14.